The van der Waals surface area contributed by atoms with Crippen molar-refractivity contribution in [3.8, 4) is 0 Å². The standard InChI is InChI=1S/C24H26F3N5O9S/c1-14-5-7-17(8-6-14)42(39,40)41-20(10-15-3-2-4-16(9-15)32(37)38)22(35)30-11-18(28)19(33)12-29-21(34)13-31-23(36)24(25,26)27/h2-9,18,20H,10-13,28H2,1H3,(H,29,34)(H,30,35)(H,31,36). The van der Waals surface area contributed by atoms with Crippen LogP contribution in [0.3, 0.4) is 0 Å². The van der Waals surface area contributed by atoms with Gasteiger partial charge in [0.15, 0.2) is 11.9 Å². The molecule has 2 atom stereocenters. The van der Waals surface area contributed by atoms with E-state index in [2.05, 4.69) is 5.32 Å². The molecule has 0 bridgehead atoms. The second-order valence-electron chi connectivity index (χ2n) is 8.76. The first-order chi connectivity index (χ1) is 19.5. The van der Waals surface area contributed by atoms with Gasteiger partial charge < -0.3 is 21.7 Å². The molecule has 2 aromatic carbocycles. The average molecular weight is 618 g/mol. The molecule has 2 unspecified atom stereocenters. The van der Waals surface area contributed by atoms with E-state index in [-0.39, 0.29) is 16.1 Å². The number of benzene rings is 2. The number of nitro groups is 1. The molecular formula is C24H26F3N5O9S. The van der Waals surface area contributed by atoms with Crippen molar-refractivity contribution in [3.63, 3.8) is 0 Å². The maximum atomic E-state index is 12.9. The minimum atomic E-state index is -5.20. The van der Waals surface area contributed by atoms with Crippen molar-refractivity contribution >= 4 is 39.3 Å². The van der Waals surface area contributed by atoms with Gasteiger partial charge in [-0.2, -0.15) is 21.6 Å². The Hall–Kier alpha value is -4.42. The lowest BCUT2D eigenvalue weighted by Gasteiger charge is -2.19. The number of rotatable bonds is 14. The monoisotopic (exact) mass is 617 g/mol. The van der Waals surface area contributed by atoms with E-state index in [1.165, 1.54) is 47.8 Å². The molecule has 3 amide bonds. The highest BCUT2D eigenvalue weighted by Gasteiger charge is 2.38. The quantitative estimate of drug-likeness (QED) is 0.127. The third-order valence-electron chi connectivity index (χ3n) is 5.42. The number of nitrogens with one attached hydrogen (secondary N) is 3. The lowest BCUT2D eigenvalue weighted by molar-refractivity contribution is -0.384. The summed E-state index contributed by atoms with van der Waals surface area (Å²) >= 11 is 0. The first kappa shape index (κ1) is 33.8. The Labute approximate surface area is 237 Å². The molecule has 0 saturated carbocycles. The van der Waals surface area contributed by atoms with Gasteiger partial charge in [-0.25, -0.2) is 0 Å². The zero-order chi connectivity index (χ0) is 31.7. The van der Waals surface area contributed by atoms with Crippen LogP contribution in [-0.4, -0.2) is 74.8 Å². The van der Waals surface area contributed by atoms with E-state index in [4.69, 9.17) is 9.92 Å². The fourth-order valence-corrected chi connectivity index (χ4v) is 4.21. The molecule has 228 valence electrons. The fraction of sp³-hybridized carbons (Fsp3) is 0.333. The molecule has 0 aliphatic rings. The van der Waals surface area contributed by atoms with Crippen LogP contribution in [0.4, 0.5) is 18.9 Å². The Morgan fingerprint density at radius 2 is 1.67 bits per heavy atom. The van der Waals surface area contributed by atoms with Crippen LogP contribution in [0.2, 0.25) is 0 Å². The number of alkyl halides is 3. The number of nitrogens with zero attached hydrogens (tertiary/aromatic N) is 1. The van der Waals surface area contributed by atoms with Gasteiger partial charge in [0.2, 0.25) is 5.91 Å². The smallest absolute Gasteiger partial charge is 0.352 e. The molecule has 42 heavy (non-hydrogen) atoms. The molecule has 18 heteroatoms. The summed E-state index contributed by atoms with van der Waals surface area (Å²) in [6.45, 7) is -0.674. The van der Waals surface area contributed by atoms with Crippen LogP contribution in [0.25, 0.3) is 0 Å². The summed E-state index contributed by atoms with van der Waals surface area (Å²) in [7, 11) is -4.50. The largest absolute Gasteiger partial charge is 0.471 e. The number of ketones is 1. The summed E-state index contributed by atoms with van der Waals surface area (Å²) in [6, 6.07) is 9.10. The minimum absolute atomic E-state index is 0.184. The van der Waals surface area contributed by atoms with Crippen LogP contribution in [0, 0.1) is 17.0 Å². The van der Waals surface area contributed by atoms with Gasteiger partial charge in [-0.05, 0) is 24.6 Å². The summed E-state index contributed by atoms with van der Waals surface area (Å²) in [5.41, 5.74) is 6.32. The summed E-state index contributed by atoms with van der Waals surface area (Å²) < 4.78 is 67.4. The van der Waals surface area contributed by atoms with Crippen molar-refractivity contribution in [1.29, 1.82) is 0 Å². The number of hydrogen-bond acceptors (Lipinski definition) is 10. The number of nitro benzene ring substituents is 1. The number of carbonyl (C=O) groups excluding carboxylic acids is 4. The van der Waals surface area contributed by atoms with Crippen LogP contribution >= 0.6 is 0 Å². The number of carbonyl (C=O) groups is 4. The van der Waals surface area contributed by atoms with Gasteiger partial charge in [0, 0.05) is 25.1 Å². The van der Waals surface area contributed by atoms with Gasteiger partial charge in [-0.15, -0.1) is 0 Å². The molecule has 0 radical (unpaired) electrons. The van der Waals surface area contributed by atoms with Crippen LogP contribution in [0.5, 0.6) is 0 Å². The highest BCUT2D eigenvalue weighted by Crippen LogP contribution is 2.20. The Morgan fingerprint density at radius 1 is 1.02 bits per heavy atom. The van der Waals surface area contributed by atoms with Gasteiger partial charge in [0.05, 0.1) is 29.0 Å². The Kier molecular flexibility index (Phi) is 11.6. The number of Topliss-reactive ketones (excluding diaryl/α,β-unsaturated/α-hetero) is 1. The number of nitrogens with two attached hydrogens (primary N) is 1. The second-order valence-corrected chi connectivity index (χ2v) is 10.3. The van der Waals surface area contributed by atoms with E-state index in [1.54, 1.807) is 6.92 Å². The van der Waals surface area contributed by atoms with E-state index in [0.29, 0.717) is 0 Å². The number of hydrogen-bond donors (Lipinski definition) is 4. The zero-order valence-electron chi connectivity index (χ0n) is 21.8. The summed E-state index contributed by atoms with van der Waals surface area (Å²) in [4.78, 5) is 57.7. The third-order valence-corrected chi connectivity index (χ3v) is 6.76. The van der Waals surface area contributed by atoms with E-state index < -0.39 is 82.9 Å². The SMILES string of the molecule is Cc1ccc(S(=O)(=O)OC(Cc2cccc([N+](=O)[O-])c2)C(=O)NCC(N)C(=O)CNC(=O)CNC(=O)C(F)(F)F)cc1. The summed E-state index contributed by atoms with van der Waals surface area (Å²) in [6.07, 6.45) is -7.38. The number of amides is 3. The molecule has 0 heterocycles. The molecule has 2 rings (SSSR count). The van der Waals surface area contributed by atoms with Gasteiger partial charge >= 0.3 is 12.1 Å². The molecule has 0 spiro atoms. The van der Waals surface area contributed by atoms with E-state index in [9.17, 15) is 50.9 Å². The number of halogens is 3. The molecule has 0 aliphatic heterocycles. The van der Waals surface area contributed by atoms with Gasteiger partial charge in [0.1, 0.15) is 0 Å². The van der Waals surface area contributed by atoms with Gasteiger partial charge in [-0.1, -0.05) is 29.8 Å². The number of aryl methyl sites for hydroxylation is 1. The van der Waals surface area contributed by atoms with Gasteiger partial charge in [0.25, 0.3) is 21.7 Å². The first-order valence-corrected chi connectivity index (χ1v) is 13.3. The van der Waals surface area contributed by atoms with E-state index >= 15 is 0 Å². The fourth-order valence-electron chi connectivity index (χ4n) is 3.17. The molecule has 5 N–H and O–H groups in total. The van der Waals surface area contributed by atoms with E-state index in [0.717, 1.165) is 11.6 Å². The summed E-state index contributed by atoms with van der Waals surface area (Å²) in [5.74, 6) is -5.38. The van der Waals surface area contributed by atoms with Crippen molar-refractivity contribution in [1.82, 2.24) is 16.0 Å². The molecule has 0 aromatic heterocycles. The van der Waals surface area contributed by atoms with Crippen LogP contribution in [0.1, 0.15) is 11.1 Å². The molecular weight excluding hydrogens is 591 g/mol. The topological polar surface area (TPSA) is 217 Å². The maximum absolute atomic E-state index is 12.9. The summed E-state index contributed by atoms with van der Waals surface area (Å²) in [5, 5.41) is 16.6. The highest BCUT2D eigenvalue weighted by atomic mass is 32.2. The zero-order valence-corrected chi connectivity index (χ0v) is 22.7. The molecule has 2 aromatic rings. The van der Waals surface area contributed by atoms with Crippen LogP contribution < -0.4 is 21.7 Å². The average Bonchev–Trinajstić information content (AvgIpc) is 2.92. The molecule has 14 nitrogen and oxygen atoms in total. The Balaban J connectivity index is 2.06. The van der Waals surface area contributed by atoms with Gasteiger partial charge in [-0.3, -0.25) is 33.5 Å². The third kappa shape index (κ3) is 10.5. The van der Waals surface area contributed by atoms with E-state index in [1.807, 2.05) is 5.32 Å². The van der Waals surface area contributed by atoms with Crippen LogP contribution in [0.15, 0.2) is 53.4 Å². The predicted molar refractivity (Wildman–Crippen MR) is 138 cm³/mol. The molecule has 0 fully saturated rings. The highest BCUT2D eigenvalue weighted by molar-refractivity contribution is 7.86. The molecule has 0 saturated heterocycles. The van der Waals surface area contributed by atoms with Crippen molar-refractivity contribution < 1.29 is 49.9 Å². The van der Waals surface area contributed by atoms with Crippen molar-refractivity contribution in [3.05, 3.63) is 69.8 Å². The minimum Gasteiger partial charge on any atom is -0.352 e. The first-order valence-electron chi connectivity index (χ1n) is 11.9. The lowest BCUT2D eigenvalue weighted by atomic mass is 10.1. The van der Waals surface area contributed by atoms with Crippen molar-refractivity contribution in [2.75, 3.05) is 19.6 Å². The molecule has 0 aliphatic carbocycles. The second kappa shape index (κ2) is 14.5. The Bertz CT molecular complexity index is 1430. The van der Waals surface area contributed by atoms with Crippen LogP contribution in [-0.2, 0) is 39.9 Å². The number of non-ortho nitro benzene ring substituents is 1. The normalized spacial score (nSPS) is 13.0. The maximum Gasteiger partial charge on any atom is 0.471 e. The Morgan fingerprint density at radius 3 is 2.26 bits per heavy atom. The predicted octanol–water partition coefficient (Wildman–Crippen LogP) is 0.0271. The van der Waals surface area contributed by atoms with Crippen molar-refractivity contribution in [2.45, 2.75) is 36.6 Å². The van der Waals surface area contributed by atoms with Crippen molar-refractivity contribution in [2.24, 2.45) is 5.73 Å². The lowest BCUT2D eigenvalue weighted by Crippen LogP contribution is -2.50.